The van der Waals surface area contributed by atoms with E-state index in [-0.39, 0.29) is 17.9 Å². The highest BCUT2D eigenvalue weighted by molar-refractivity contribution is 9.10. The van der Waals surface area contributed by atoms with Gasteiger partial charge in [0.15, 0.2) is 4.67 Å². The van der Waals surface area contributed by atoms with Gasteiger partial charge in [0, 0.05) is 0 Å². The van der Waals surface area contributed by atoms with Crippen LogP contribution in [0.2, 0.25) is 0 Å². The Kier molecular flexibility index (Phi) is 5.71. The van der Waals surface area contributed by atoms with Gasteiger partial charge in [-0.2, -0.15) is 0 Å². The van der Waals surface area contributed by atoms with E-state index < -0.39 is 0 Å². The molecule has 0 radical (unpaired) electrons. The summed E-state index contributed by atoms with van der Waals surface area (Å²) in [5.41, 5.74) is 0. The lowest BCUT2D eigenvalue weighted by molar-refractivity contribution is -0.144. The highest BCUT2D eigenvalue weighted by Crippen LogP contribution is 2.15. The Labute approximate surface area is 110 Å². The van der Waals surface area contributed by atoms with Gasteiger partial charge in [0.1, 0.15) is 11.8 Å². The monoisotopic (exact) mass is 303 g/mol. The second-order valence-corrected chi connectivity index (χ2v) is 4.75. The lowest BCUT2D eigenvalue weighted by atomic mass is 9.99. The topological polar surface area (TPSA) is 51.5 Å². The molecular formula is C12H18BrNO3. The number of carbonyl (C=O) groups excluding carboxylic acids is 1. The van der Waals surface area contributed by atoms with E-state index in [4.69, 9.17) is 9.15 Å². The zero-order valence-electron chi connectivity index (χ0n) is 10.3. The van der Waals surface area contributed by atoms with E-state index in [0.717, 1.165) is 12.2 Å². The molecule has 2 atom stereocenters. The lowest BCUT2D eigenvalue weighted by Crippen LogP contribution is -2.42. The smallest absolute Gasteiger partial charge is 0.323 e. The van der Waals surface area contributed by atoms with Gasteiger partial charge in [-0.25, -0.2) is 0 Å². The number of carbonyl (C=O) groups is 1. The van der Waals surface area contributed by atoms with Crippen LogP contribution in [-0.2, 0) is 16.1 Å². The molecule has 1 aromatic heterocycles. The van der Waals surface area contributed by atoms with Crippen LogP contribution in [-0.4, -0.2) is 19.1 Å². The average molecular weight is 304 g/mol. The summed E-state index contributed by atoms with van der Waals surface area (Å²) in [5.74, 6) is 0.778. The summed E-state index contributed by atoms with van der Waals surface area (Å²) in [6.07, 6.45) is 0.911. The zero-order valence-corrected chi connectivity index (χ0v) is 11.9. The van der Waals surface area contributed by atoms with Gasteiger partial charge < -0.3 is 9.15 Å². The molecule has 0 spiro atoms. The Morgan fingerprint density at radius 3 is 2.76 bits per heavy atom. The number of furan rings is 1. The summed E-state index contributed by atoms with van der Waals surface area (Å²) in [6, 6.07) is 3.39. The second kappa shape index (κ2) is 6.81. The minimum absolute atomic E-state index is 0.223. The predicted octanol–water partition coefficient (Wildman–Crippen LogP) is 2.72. The highest BCUT2D eigenvalue weighted by atomic mass is 79.9. The number of rotatable bonds is 6. The van der Waals surface area contributed by atoms with Crippen molar-refractivity contribution in [1.82, 2.24) is 5.32 Å². The maximum absolute atomic E-state index is 11.6. The molecule has 0 fully saturated rings. The summed E-state index contributed by atoms with van der Waals surface area (Å²) in [5, 5.41) is 3.16. The third kappa shape index (κ3) is 4.16. The molecule has 5 heteroatoms. The predicted molar refractivity (Wildman–Crippen MR) is 68.5 cm³/mol. The summed E-state index contributed by atoms with van der Waals surface area (Å²) in [6.45, 7) is 4.58. The van der Waals surface area contributed by atoms with Crippen molar-refractivity contribution in [3.63, 3.8) is 0 Å². The molecule has 1 N–H and O–H groups in total. The van der Waals surface area contributed by atoms with Crippen molar-refractivity contribution in [3.05, 3.63) is 22.6 Å². The van der Waals surface area contributed by atoms with Gasteiger partial charge in [-0.05, 0) is 34.0 Å². The average Bonchev–Trinajstić information content (AvgIpc) is 2.74. The first kappa shape index (κ1) is 14.3. The molecule has 1 aromatic rings. The Bertz CT molecular complexity index is 364. The Balaban J connectivity index is 2.57. The van der Waals surface area contributed by atoms with Crippen molar-refractivity contribution in [2.75, 3.05) is 7.11 Å². The molecule has 17 heavy (non-hydrogen) atoms. The number of ether oxygens (including phenoxy) is 1. The van der Waals surface area contributed by atoms with E-state index in [1.54, 1.807) is 0 Å². The number of methoxy groups -OCH3 is 1. The van der Waals surface area contributed by atoms with Crippen molar-refractivity contribution in [2.24, 2.45) is 5.92 Å². The summed E-state index contributed by atoms with van der Waals surface area (Å²) < 4.78 is 10.8. The van der Waals surface area contributed by atoms with E-state index in [2.05, 4.69) is 21.2 Å². The van der Waals surface area contributed by atoms with Gasteiger partial charge in [-0.15, -0.1) is 0 Å². The highest BCUT2D eigenvalue weighted by Gasteiger charge is 2.24. The quantitative estimate of drug-likeness (QED) is 0.821. The van der Waals surface area contributed by atoms with E-state index >= 15 is 0 Å². The van der Waals surface area contributed by atoms with Crippen LogP contribution in [0.5, 0.6) is 0 Å². The normalized spacial score (nSPS) is 14.4. The van der Waals surface area contributed by atoms with Gasteiger partial charge >= 0.3 is 5.97 Å². The fourth-order valence-electron chi connectivity index (χ4n) is 1.54. The van der Waals surface area contributed by atoms with Crippen molar-refractivity contribution in [2.45, 2.75) is 32.9 Å². The molecule has 96 valence electrons. The minimum Gasteiger partial charge on any atom is -0.468 e. The van der Waals surface area contributed by atoms with Crippen molar-refractivity contribution < 1.29 is 13.9 Å². The molecule has 2 unspecified atom stereocenters. The first-order chi connectivity index (χ1) is 8.08. The molecule has 0 aliphatic carbocycles. The van der Waals surface area contributed by atoms with Crippen LogP contribution in [0.4, 0.5) is 0 Å². The molecule has 0 aliphatic rings. The zero-order chi connectivity index (χ0) is 12.8. The number of halogens is 1. The second-order valence-electron chi connectivity index (χ2n) is 3.97. The molecule has 1 heterocycles. The van der Waals surface area contributed by atoms with Gasteiger partial charge in [0.05, 0.1) is 13.7 Å². The third-order valence-corrected chi connectivity index (χ3v) is 3.22. The van der Waals surface area contributed by atoms with Gasteiger partial charge in [0.25, 0.3) is 0 Å². The van der Waals surface area contributed by atoms with Crippen LogP contribution in [0.25, 0.3) is 0 Å². The lowest BCUT2D eigenvalue weighted by Gasteiger charge is -2.21. The Morgan fingerprint density at radius 1 is 1.59 bits per heavy atom. The number of hydrogen-bond acceptors (Lipinski definition) is 4. The third-order valence-electron chi connectivity index (χ3n) is 2.79. The molecule has 0 aliphatic heterocycles. The van der Waals surface area contributed by atoms with Crippen molar-refractivity contribution >= 4 is 21.9 Å². The molecular weight excluding hydrogens is 286 g/mol. The van der Waals surface area contributed by atoms with E-state index in [0.29, 0.717) is 11.2 Å². The van der Waals surface area contributed by atoms with Gasteiger partial charge in [-0.3, -0.25) is 10.1 Å². The SMILES string of the molecule is CCC(C)C(NCc1ccc(Br)o1)C(=O)OC. The van der Waals surface area contributed by atoms with E-state index in [9.17, 15) is 4.79 Å². The van der Waals surface area contributed by atoms with Gasteiger partial charge in [0.2, 0.25) is 0 Å². The fourth-order valence-corrected chi connectivity index (χ4v) is 1.88. The maximum Gasteiger partial charge on any atom is 0.323 e. The Hall–Kier alpha value is -0.810. The minimum atomic E-state index is -0.297. The number of esters is 1. The Morgan fingerprint density at radius 2 is 2.29 bits per heavy atom. The van der Waals surface area contributed by atoms with Crippen LogP contribution < -0.4 is 5.32 Å². The molecule has 0 saturated carbocycles. The summed E-state index contributed by atoms with van der Waals surface area (Å²) in [4.78, 5) is 11.6. The van der Waals surface area contributed by atoms with Crippen LogP contribution in [0, 0.1) is 5.92 Å². The first-order valence-corrected chi connectivity index (χ1v) is 6.43. The number of hydrogen-bond donors (Lipinski definition) is 1. The van der Waals surface area contributed by atoms with E-state index in [1.807, 2.05) is 26.0 Å². The molecule has 1 rings (SSSR count). The van der Waals surface area contributed by atoms with Crippen LogP contribution in [0.15, 0.2) is 21.2 Å². The first-order valence-electron chi connectivity index (χ1n) is 5.63. The molecule has 0 bridgehead atoms. The standard InChI is InChI=1S/C12H18BrNO3/c1-4-8(2)11(12(15)16-3)14-7-9-5-6-10(13)17-9/h5-6,8,11,14H,4,7H2,1-3H3. The van der Waals surface area contributed by atoms with Crippen LogP contribution >= 0.6 is 15.9 Å². The molecule has 4 nitrogen and oxygen atoms in total. The summed E-state index contributed by atoms with van der Waals surface area (Å²) in [7, 11) is 1.41. The molecule has 0 aromatic carbocycles. The van der Waals surface area contributed by atoms with Gasteiger partial charge in [-0.1, -0.05) is 20.3 Å². The van der Waals surface area contributed by atoms with Crippen LogP contribution in [0.1, 0.15) is 26.0 Å². The number of nitrogens with one attached hydrogen (secondary N) is 1. The van der Waals surface area contributed by atoms with Crippen molar-refractivity contribution in [1.29, 1.82) is 0 Å². The maximum atomic E-state index is 11.6. The summed E-state index contributed by atoms with van der Waals surface area (Å²) >= 11 is 3.24. The van der Waals surface area contributed by atoms with Crippen molar-refractivity contribution in [3.8, 4) is 0 Å². The van der Waals surface area contributed by atoms with Crippen LogP contribution in [0.3, 0.4) is 0 Å². The molecule has 0 saturated heterocycles. The largest absolute Gasteiger partial charge is 0.468 e. The fraction of sp³-hybridized carbons (Fsp3) is 0.583. The molecule has 0 amide bonds. The van der Waals surface area contributed by atoms with E-state index in [1.165, 1.54) is 7.11 Å².